The van der Waals surface area contributed by atoms with Gasteiger partial charge in [-0.3, -0.25) is 29.4 Å². The Bertz CT molecular complexity index is 881. The van der Waals surface area contributed by atoms with E-state index < -0.39 is 23.8 Å². The topological polar surface area (TPSA) is 98.8 Å². The van der Waals surface area contributed by atoms with Gasteiger partial charge in [-0.1, -0.05) is 12.8 Å². The Kier molecular flexibility index (Phi) is 5.12. The summed E-state index contributed by atoms with van der Waals surface area (Å²) in [5.41, 5.74) is 1.41. The average molecular weight is 398 g/mol. The van der Waals surface area contributed by atoms with Gasteiger partial charge >= 0.3 is 0 Å². The minimum Gasteiger partial charge on any atom is -0.381 e. The minimum absolute atomic E-state index is 0.115. The smallest absolute Gasteiger partial charge is 0.262 e. The van der Waals surface area contributed by atoms with Crippen LogP contribution in [0.1, 0.15) is 59.2 Å². The number of nitrogens with one attached hydrogen (secondary N) is 2. The van der Waals surface area contributed by atoms with Crippen molar-refractivity contribution in [1.82, 2.24) is 15.1 Å². The van der Waals surface area contributed by atoms with E-state index in [1.165, 1.54) is 6.42 Å². The van der Waals surface area contributed by atoms with Gasteiger partial charge in [0.05, 0.1) is 11.1 Å². The maximum absolute atomic E-state index is 13.0. The van der Waals surface area contributed by atoms with Crippen molar-refractivity contribution < 1.29 is 19.2 Å². The molecule has 0 aromatic heterocycles. The zero-order chi connectivity index (χ0) is 20.7. The zero-order valence-corrected chi connectivity index (χ0v) is 16.7. The number of amides is 4. The summed E-state index contributed by atoms with van der Waals surface area (Å²) in [6.45, 7) is 0. The van der Waals surface area contributed by atoms with Gasteiger partial charge in [-0.15, -0.1) is 0 Å². The third kappa shape index (κ3) is 3.53. The van der Waals surface area contributed by atoms with Gasteiger partial charge in [-0.05, 0) is 51.6 Å². The quantitative estimate of drug-likeness (QED) is 0.744. The first kappa shape index (κ1) is 19.6. The van der Waals surface area contributed by atoms with Crippen LogP contribution in [0.3, 0.4) is 0 Å². The molecule has 2 N–H and O–H groups in total. The molecule has 4 rings (SSSR count). The second-order valence-electron chi connectivity index (χ2n) is 8.27. The van der Waals surface area contributed by atoms with Crippen LogP contribution < -0.4 is 10.6 Å². The standard InChI is InChI=1S/C21H26N4O4/c1-24(2)16-6-4-3-5-15(16)22-12-7-8-13-14(11-12)21(29)25(20(13)28)17-9-10-18(26)23-19(17)27/h7-8,11,15-17,22H,3-6,9-10H2,1-2H3,(H,23,26,27)/t15-,16+,17?/m0/s1. The van der Waals surface area contributed by atoms with Gasteiger partial charge in [0.25, 0.3) is 11.8 Å². The molecule has 1 aliphatic carbocycles. The summed E-state index contributed by atoms with van der Waals surface area (Å²) >= 11 is 0. The number of anilines is 1. The Morgan fingerprint density at radius 1 is 1.00 bits per heavy atom. The van der Waals surface area contributed by atoms with Gasteiger partial charge in [0, 0.05) is 24.2 Å². The predicted octanol–water partition coefficient (Wildman–Crippen LogP) is 1.37. The summed E-state index contributed by atoms with van der Waals surface area (Å²) in [5.74, 6) is -1.92. The normalized spacial score (nSPS) is 27.3. The number of rotatable bonds is 4. The molecular formula is C21H26N4O4. The number of carbonyl (C=O) groups excluding carboxylic acids is 4. The van der Waals surface area contributed by atoms with E-state index in [9.17, 15) is 19.2 Å². The Morgan fingerprint density at radius 2 is 1.72 bits per heavy atom. The lowest BCUT2D eigenvalue weighted by atomic mass is 9.89. The number of hydrogen-bond donors (Lipinski definition) is 2. The number of imide groups is 2. The van der Waals surface area contributed by atoms with Crippen molar-refractivity contribution in [2.75, 3.05) is 19.4 Å². The third-order valence-electron chi connectivity index (χ3n) is 6.18. The van der Waals surface area contributed by atoms with Crippen LogP contribution in [0.25, 0.3) is 0 Å². The molecule has 8 nitrogen and oxygen atoms in total. The van der Waals surface area contributed by atoms with E-state index >= 15 is 0 Å². The average Bonchev–Trinajstić information content (AvgIpc) is 2.93. The first-order valence-electron chi connectivity index (χ1n) is 10.2. The summed E-state index contributed by atoms with van der Waals surface area (Å²) in [4.78, 5) is 52.5. The number of carbonyl (C=O) groups is 4. The van der Waals surface area contributed by atoms with E-state index in [1.54, 1.807) is 12.1 Å². The van der Waals surface area contributed by atoms with E-state index in [-0.39, 0.29) is 24.8 Å². The highest BCUT2D eigenvalue weighted by Crippen LogP contribution is 2.31. The number of hydrogen-bond acceptors (Lipinski definition) is 6. The minimum atomic E-state index is -0.937. The Hall–Kier alpha value is -2.74. The molecule has 1 aromatic rings. The number of piperidine rings is 1. The molecule has 1 aromatic carbocycles. The fraction of sp³-hybridized carbons (Fsp3) is 0.524. The first-order valence-corrected chi connectivity index (χ1v) is 10.2. The Balaban J connectivity index is 1.55. The second kappa shape index (κ2) is 7.59. The van der Waals surface area contributed by atoms with Crippen molar-refractivity contribution in [3.8, 4) is 0 Å². The molecule has 2 fully saturated rings. The van der Waals surface area contributed by atoms with Gasteiger partial charge < -0.3 is 10.2 Å². The molecule has 0 spiro atoms. The summed E-state index contributed by atoms with van der Waals surface area (Å²) in [7, 11) is 4.15. The van der Waals surface area contributed by atoms with E-state index in [0.29, 0.717) is 17.2 Å². The monoisotopic (exact) mass is 398 g/mol. The maximum atomic E-state index is 13.0. The maximum Gasteiger partial charge on any atom is 0.262 e. The van der Waals surface area contributed by atoms with E-state index in [4.69, 9.17) is 0 Å². The number of benzene rings is 1. The largest absolute Gasteiger partial charge is 0.381 e. The first-order chi connectivity index (χ1) is 13.9. The fourth-order valence-electron chi connectivity index (χ4n) is 4.67. The Morgan fingerprint density at radius 3 is 2.45 bits per heavy atom. The fourth-order valence-corrected chi connectivity index (χ4v) is 4.67. The van der Waals surface area contributed by atoms with Crippen LogP contribution in [-0.4, -0.2) is 65.6 Å². The van der Waals surface area contributed by atoms with Crippen molar-refractivity contribution in [3.63, 3.8) is 0 Å². The van der Waals surface area contributed by atoms with Gasteiger partial charge in [0.15, 0.2) is 0 Å². The number of likely N-dealkylation sites (N-methyl/N-ethyl adjacent to an activating group) is 1. The highest BCUT2D eigenvalue weighted by atomic mass is 16.2. The van der Waals surface area contributed by atoms with Crippen LogP contribution in [0.2, 0.25) is 0 Å². The van der Waals surface area contributed by atoms with Crippen molar-refractivity contribution >= 4 is 29.3 Å². The molecule has 8 heteroatoms. The molecule has 4 amide bonds. The predicted molar refractivity (Wildman–Crippen MR) is 106 cm³/mol. The number of nitrogens with zero attached hydrogens (tertiary/aromatic N) is 2. The van der Waals surface area contributed by atoms with E-state index in [0.717, 1.165) is 29.8 Å². The van der Waals surface area contributed by atoms with E-state index in [1.807, 2.05) is 6.07 Å². The van der Waals surface area contributed by atoms with E-state index in [2.05, 4.69) is 29.6 Å². The molecule has 3 atom stereocenters. The summed E-state index contributed by atoms with van der Waals surface area (Å²) < 4.78 is 0. The lowest BCUT2D eigenvalue weighted by Crippen LogP contribution is -2.54. The second-order valence-corrected chi connectivity index (χ2v) is 8.27. The van der Waals surface area contributed by atoms with Gasteiger partial charge in [-0.25, -0.2) is 0 Å². The summed E-state index contributed by atoms with van der Waals surface area (Å²) in [6.07, 6.45) is 4.82. The Labute approximate surface area is 169 Å². The highest BCUT2D eigenvalue weighted by Gasteiger charge is 2.44. The van der Waals surface area contributed by atoms with Crippen LogP contribution in [0, 0.1) is 0 Å². The molecule has 0 radical (unpaired) electrons. The zero-order valence-electron chi connectivity index (χ0n) is 16.7. The lowest BCUT2D eigenvalue weighted by Gasteiger charge is -2.37. The van der Waals surface area contributed by atoms with Crippen molar-refractivity contribution in [1.29, 1.82) is 0 Å². The third-order valence-corrected chi connectivity index (χ3v) is 6.18. The molecule has 154 valence electrons. The van der Waals surface area contributed by atoms with Crippen LogP contribution in [0.15, 0.2) is 18.2 Å². The molecule has 2 heterocycles. The van der Waals surface area contributed by atoms with Gasteiger partial charge in [-0.2, -0.15) is 0 Å². The molecular weight excluding hydrogens is 372 g/mol. The van der Waals surface area contributed by atoms with Crippen LogP contribution in [0.5, 0.6) is 0 Å². The molecule has 0 bridgehead atoms. The van der Waals surface area contributed by atoms with Crippen molar-refractivity contribution in [3.05, 3.63) is 29.3 Å². The lowest BCUT2D eigenvalue weighted by molar-refractivity contribution is -0.136. The molecule has 29 heavy (non-hydrogen) atoms. The van der Waals surface area contributed by atoms with Crippen LogP contribution in [0.4, 0.5) is 5.69 Å². The van der Waals surface area contributed by atoms with Gasteiger partial charge in [0.1, 0.15) is 6.04 Å². The van der Waals surface area contributed by atoms with Crippen LogP contribution in [-0.2, 0) is 9.59 Å². The molecule has 2 aliphatic heterocycles. The van der Waals surface area contributed by atoms with Crippen molar-refractivity contribution in [2.24, 2.45) is 0 Å². The molecule has 3 aliphatic rings. The summed E-state index contributed by atoms with van der Waals surface area (Å²) in [5, 5.41) is 5.75. The van der Waals surface area contributed by atoms with Crippen molar-refractivity contribution in [2.45, 2.75) is 56.7 Å². The molecule has 1 unspecified atom stereocenters. The number of fused-ring (bicyclic) bond motifs is 1. The summed E-state index contributed by atoms with van der Waals surface area (Å²) in [6, 6.07) is 4.93. The molecule has 1 saturated carbocycles. The molecule has 1 saturated heterocycles. The van der Waals surface area contributed by atoms with Gasteiger partial charge in [0.2, 0.25) is 11.8 Å². The van der Waals surface area contributed by atoms with Crippen LogP contribution >= 0.6 is 0 Å². The SMILES string of the molecule is CN(C)[C@@H]1CCCC[C@@H]1Nc1ccc2c(c1)C(=O)N(C1CCC(=O)NC1=O)C2=O. The highest BCUT2D eigenvalue weighted by molar-refractivity contribution is 6.23.